The quantitative estimate of drug-likeness (QED) is 0.660. The van der Waals surface area contributed by atoms with Gasteiger partial charge in [0.25, 0.3) is 0 Å². The summed E-state index contributed by atoms with van der Waals surface area (Å²) in [5, 5.41) is 0. The van der Waals surface area contributed by atoms with E-state index in [1.165, 1.54) is 0 Å². The van der Waals surface area contributed by atoms with Crippen LogP contribution in [0.3, 0.4) is 0 Å². The first-order valence-electron chi connectivity index (χ1n) is 8.12. The fraction of sp³-hybridized carbons (Fsp3) is 0.143. The lowest BCUT2D eigenvalue weighted by molar-refractivity contribution is 0.0521. The predicted molar refractivity (Wildman–Crippen MR) is 95.6 cm³/mol. The van der Waals surface area contributed by atoms with Crippen LogP contribution in [-0.4, -0.2) is 12.6 Å². The summed E-state index contributed by atoms with van der Waals surface area (Å²) in [6.07, 6.45) is 0.462. The summed E-state index contributed by atoms with van der Waals surface area (Å²) < 4.78 is 10.5. The van der Waals surface area contributed by atoms with Gasteiger partial charge in [0.2, 0.25) is 0 Å². The lowest BCUT2D eigenvalue weighted by Crippen LogP contribution is -2.18. The van der Waals surface area contributed by atoms with Crippen molar-refractivity contribution in [2.45, 2.75) is 13.3 Å². The molecule has 0 N–H and O–H groups in total. The highest BCUT2D eigenvalue weighted by atomic mass is 16.5. The molecule has 0 amide bonds. The minimum atomic E-state index is -0.677. The van der Waals surface area contributed by atoms with Crippen LogP contribution >= 0.6 is 0 Å². The SMILES string of the molecule is CCOC(=O)c1cc(-c2ccccc2)c(Cc2ccccc2)oc1=O. The molecular formula is C21H18O4. The van der Waals surface area contributed by atoms with Gasteiger partial charge in [-0.3, -0.25) is 0 Å². The molecule has 126 valence electrons. The van der Waals surface area contributed by atoms with Crippen LogP contribution in [-0.2, 0) is 11.2 Å². The molecule has 1 aromatic heterocycles. The Kier molecular flexibility index (Phi) is 5.09. The Balaban J connectivity index is 2.11. The zero-order chi connectivity index (χ0) is 17.6. The van der Waals surface area contributed by atoms with E-state index in [-0.39, 0.29) is 12.2 Å². The Morgan fingerprint density at radius 1 is 1.00 bits per heavy atom. The molecule has 25 heavy (non-hydrogen) atoms. The molecule has 0 fully saturated rings. The largest absolute Gasteiger partial charge is 0.462 e. The summed E-state index contributed by atoms with van der Waals surface area (Å²) in [5.41, 5.74) is 1.85. The number of ether oxygens (including phenoxy) is 1. The van der Waals surface area contributed by atoms with Crippen LogP contribution in [0.15, 0.2) is 75.9 Å². The van der Waals surface area contributed by atoms with Gasteiger partial charge in [-0.05, 0) is 24.1 Å². The highest BCUT2D eigenvalue weighted by Crippen LogP contribution is 2.26. The van der Waals surface area contributed by atoms with Crippen molar-refractivity contribution in [3.05, 3.63) is 94.0 Å². The molecule has 0 saturated heterocycles. The van der Waals surface area contributed by atoms with Gasteiger partial charge in [-0.1, -0.05) is 60.7 Å². The first-order valence-corrected chi connectivity index (χ1v) is 8.12. The molecule has 0 aliphatic heterocycles. The van der Waals surface area contributed by atoms with Gasteiger partial charge in [0.15, 0.2) is 0 Å². The highest BCUT2D eigenvalue weighted by molar-refractivity contribution is 5.90. The van der Waals surface area contributed by atoms with E-state index in [4.69, 9.17) is 9.15 Å². The third-order valence-electron chi connectivity index (χ3n) is 3.81. The van der Waals surface area contributed by atoms with E-state index in [1.54, 1.807) is 13.0 Å². The maximum atomic E-state index is 12.3. The molecule has 2 aromatic carbocycles. The number of hydrogen-bond acceptors (Lipinski definition) is 4. The molecule has 3 aromatic rings. The minimum absolute atomic E-state index is 0.0856. The maximum absolute atomic E-state index is 12.3. The molecule has 4 nitrogen and oxygen atoms in total. The summed E-state index contributed by atoms with van der Waals surface area (Å²) >= 11 is 0. The van der Waals surface area contributed by atoms with E-state index < -0.39 is 11.6 Å². The van der Waals surface area contributed by atoms with Crippen molar-refractivity contribution in [1.82, 2.24) is 0 Å². The molecule has 1 heterocycles. The molecule has 0 aliphatic carbocycles. The van der Waals surface area contributed by atoms with E-state index in [9.17, 15) is 9.59 Å². The van der Waals surface area contributed by atoms with Gasteiger partial charge in [-0.15, -0.1) is 0 Å². The normalized spacial score (nSPS) is 10.4. The maximum Gasteiger partial charge on any atom is 0.350 e. The topological polar surface area (TPSA) is 56.5 Å². The van der Waals surface area contributed by atoms with Gasteiger partial charge in [0.1, 0.15) is 11.3 Å². The Hall–Kier alpha value is -3.14. The number of carbonyl (C=O) groups is 1. The van der Waals surface area contributed by atoms with E-state index in [0.717, 1.165) is 11.1 Å². The van der Waals surface area contributed by atoms with E-state index in [0.29, 0.717) is 17.7 Å². The second-order valence-corrected chi connectivity index (χ2v) is 5.53. The Labute approximate surface area is 145 Å². The van der Waals surface area contributed by atoms with Crippen molar-refractivity contribution >= 4 is 5.97 Å². The summed E-state index contributed by atoms with van der Waals surface area (Å²) in [6, 6.07) is 20.8. The zero-order valence-corrected chi connectivity index (χ0v) is 13.9. The van der Waals surface area contributed by atoms with Crippen molar-refractivity contribution < 1.29 is 13.9 Å². The Bertz CT molecular complexity index is 912. The predicted octanol–water partition coefficient (Wildman–Crippen LogP) is 4.07. The van der Waals surface area contributed by atoms with Crippen molar-refractivity contribution in [1.29, 1.82) is 0 Å². The second-order valence-electron chi connectivity index (χ2n) is 5.53. The fourth-order valence-electron chi connectivity index (χ4n) is 2.63. The molecule has 4 heteroatoms. The van der Waals surface area contributed by atoms with Gasteiger partial charge in [0, 0.05) is 12.0 Å². The second kappa shape index (κ2) is 7.62. The van der Waals surface area contributed by atoms with E-state index in [1.807, 2.05) is 60.7 Å². The van der Waals surface area contributed by atoms with Crippen LogP contribution in [0.5, 0.6) is 0 Å². The first-order chi connectivity index (χ1) is 12.2. The third-order valence-corrected chi connectivity index (χ3v) is 3.81. The summed E-state index contributed by atoms with van der Waals surface area (Å²) in [6.45, 7) is 1.89. The Morgan fingerprint density at radius 3 is 2.28 bits per heavy atom. The number of esters is 1. The van der Waals surface area contributed by atoms with Crippen LogP contribution in [0.4, 0.5) is 0 Å². The summed E-state index contributed by atoms with van der Waals surface area (Å²) in [4.78, 5) is 24.3. The molecule has 0 unspecified atom stereocenters. The van der Waals surface area contributed by atoms with Gasteiger partial charge in [-0.25, -0.2) is 9.59 Å². The molecule has 0 saturated carbocycles. The first kappa shape index (κ1) is 16.7. The minimum Gasteiger partial charge on any atom is -0.462 e. The van der Waals surface area contributed by atoms with Crippen LogP contribution < -0.4 is 5.63 Å². The van der Waals surface area contributed by atoms with E-state index >= 15 is 0 Å². The van der Waals surface area contributed by atoms with Crippen molar-refractivity contribution in [2.24, 2.45) is 0 Å². The zero-order valence-electron chi connectivity index (χ0n) is 13.9. The molecule has 0 radical (unpaired) electrons. The number of benzene rings is 2. The number of carbonyl (C=O) groups excluding carboxylic acids is 1. The highest BCUT2D eigenvalue weighted by Gasteiger charge is 2.19. The van der Waals surface area contributed by atoms with Crippen molar-refractivity contribution in [3.63, 3.8) is 0 Å². The molecule has 0 atom stereocenters. The molecule has 0 spiro atoms. The van der Waals surface area contributed by atoms with Crippen LogP contribution in [0, 0.1) is 0 Å². The molecule has 3 rings (SSSR count). The lowest BCUT2D eigenvalue weighted by Gasteiger charge is -2.10. The van der Waals surface area contributed by atoms with E-state index in [2.05, 4.69) is 0 Å². The monoisotopic (exact) mass is 334 g/mol. The summed E-state index contributed by atoms with van der Waals surface area (Å²) in [7, 11) is 0. The molecular weight excluding hydrogens is 316 g/mol. The van der Waals surface area contributed by atoms with Crippen LogP contribution in [0.1, 0.15) is 28.6 Å². The van der Waals surface area contributed by atoms with Gasteiger partial charge >= 0.3 is 11.6 Å². The van der Waals surface area contributed by atoms with Gasteiger partial charge in [-0.2, -0.15) is 0 Å². The van der Waals surface area contributed by atoms with Crippen LogP contribution in [0.25, 0.3) is 11.1 Å². The van der Waals surface area contributed by atoms with Crippen molar-refractivity contribution in [2.75, 3.05) is 6.61 Å². The standard InChI is InChI=1S/C21H18O4/c1-2-24-20(22)18-14-17(16-11-7-4-8-12-16)19(25-21(18)23)13-15-9-5-3-6-10-15/h3-12,14H,2,13H2,1H3. The van der Waals surface area contributed by atoms with Gasteiger partial charge in [0.05, 0.1) is 6.61 Å². The van der Waals surface area contributed by atoms with Crippen molar-refractivity contribution in [3.8, 4) is 11.1 Å². The smallest absolute Gasteiger partial charge is 0.350 e. The third kappa shape index (κ3) is 3.86. The average molecular weight is 334 g/mol. The summed E-state index contributed by atoms with van der Waals surface area (Å²) in [5.74, 6) is -0.143. The van der Waals surface area contributed by atoms with Gasteiger partial charge < -0.3 is 9.15 Å². The number of rotatable bonds is 5. The molecule has 0 bridgehead atoms. The number of hydrogen-bond donors (Lipinski definition) is 0. The lowest BCUT2D eigenvalue weighted by atomic mass is 9.99. The fourth-order valence-corrected chi connectivity index (χ4v) is 2.63. The molecule has 0 aliphatic rings. The Morgan fingerprint density at radius 2 is 1.64 bits per heavy atom. The average Bonchev–Trinajstić information content (AvgIpc) is 2.63. The van der Waals surface area contributed by atoms with Crippen LogP contribution in [0.2, 0.25) is 0 Å².